The highest BCUT2D eigenvalue weighted by Gasteiger charge is 2.33. The Morgan fingerprint density at radius 1 is 1.18 bits per heavy atom. The van der Waals surface area contributed by atoms with Gasteiger partial charge in [0.1, 0.15) is 0 Å². The van der Waals surface area contributed by atoms with E-state index in [2.05, 4.69) is 5.32 Å². The predicted molar refractivity (Wildman–Crippen MR) is 74.2 cm³/mol. The summed E-state index contributed by atoms with van der Waals surface area (Å²) in [6.07, 6.45) is -4.87. The van der Waals surface area contributed by atoms with Crippen LogP contribution in [0.5, 0.6) is 0 Å². The van der Waals surface area contributed by atoms with Crippen molar-refractivity contribution < 1.29 is 27.9 Å². The molecule has 0 bridgehead atoms. The van der Waals surface area contributed by atoms with Gasteiger partial charge >= 0.3 is 12.1 Å². The summed E-state index contributed by atoms with van der Waals surface area (Å²) < 4.78 is 38.5. The minimum atomic E-state index is -4.52. The first-order chi connectivity index (χ1) is 10.0. The van der Waals surface area contributed by atoms with Crippen molar-refractivity contribution in [2.24, 2.45) is 0 Å². The number of amides is 1. The largest absolute Gasteiger partial charge is 0.481 e. The summed E-state index contributed by atoms with van der Waals surface area (Å²) >= 11 is 0. The Morgan fingerprint density at radius 3 is 2.32 bits per heavy atom. The third-order valence-corrected chi connectivity index (χ3v) is 3.12. The summed E-state index contributed by atoms with van der Waals surface area (Å²) in [7, 11) is 0. The summed E-state index contributed by atoms with van der Waals surface area (Å²) in [5, 5.41) is 11.2. The van der Waals surface area contributed by atoms with Gasteiger partial charge in [-0.3, -0.25) is 9.59 Å². The van der Waals surface area contributed by atoms with Crippen molar-refractivity contribution >= 4 is 11.9 Å². The highest BCUT2D eigenvalue weighted by Crippen LogP contribution is 2.32. The van der Waals surface area contributed by atoms with Gasteiger partial charge in [-0.05, 0) is 31.9 Å². The second kappa shape index (κ2) is 6.81. The number of nitrogens with one attached hydrogen (secondary N) is 1. The van der Waals surface area contributed by atoms with Crippen LogP contribution < -0.4 is 5.32 Å². The van der Waals surface area contributed by atoms with Gasteiger partial charge in [-0.25, -0.2) is 0 Å². The molecule has 1 aromatic rings. The fourth-order valence-electron chi connectivity index (χ4n) is 2.03. The minimum absolute atomic E-state index is 0.110. The number of alkyl halides is 3. The van der Waals surface area contributed by atoms with Crippen molar-refractivity contribution in [2.45, 2.75) is 44.8 Å². The molecule has 0 radical (unpaired) electrons. The third-order valence-electron chi connectivity index (χ3n) is 3.12. The van der Waals surface area contributed by atoms with Crippen LogP contribution in [-0.2, 0) is 22.2 Å². The SMILES string of the molecule is CC(C)(CCC(=O)O)NC(=O)Cc1ccccc1C(F)(F)F. The molecule has 0 heterocycles. The van der Waals surface area contributed by atoms with Crippen LogP contribution in [0.3, 0.4) is 0 Å². The van der Waals surface area contributed by atoms with Crippen LogP contribution in [0.2, 0.25) is 0 Å². The molecule has 4 nitrogen and oxygen atoms in total. The predicted octanol–water partition coefficient (Wildman–Crippen LogP) is 3.01. The van der Waals surface area contributed by atoms with Gasteiger partial charge in [0, 0.05) is 12.0 Å². The number of rotatable bonds is 6. The standard InChI is InChI=1S/C15H18F3NO3/c1-14(2,8-7-13(21)22)19-12(20)9-10-5-3-4-6-11(10)15(16,17)18/h3-6H,7-9H2,1-2H3,(H,19,20)(H,21,22). The lowest BCUT2D eigenvalue weighted by molar-refractivity contribution is -0.139. The van der Waals surface area contributed by atoms with E-state index in [9.17, 15) is 22.8 Å². The maximum Gasteiger partial charge on any atom is 0.416 e. The Hall–Kier alpha value is -2.05. The van der Waals surface area contributed by atoms with Crippen LogP contribution in [0.4, 0.5) is 13.2 Å². The second-order valence-corrected chi connectivity index (χ2v) is 5.66. The van der Waals surface area contributed by atoms with Gasteiger partial charge in [-0.2, -0.15) is 13.2 Å². The van der Waals surface area contributed by atoms with Gasteiger partial charge < -0.3 is 10.4 Å². The summed E-state index contributed by atoms with van der Waals surface area (Å²) in [5.74, 6) is -1.57. The van der Waals surface area contributed by atoms with Crippen LogP contribution >= 0.6 is 0 Å². The van der Waals surface area contributed by atoms with Crippen molar-refractivity contribution in [3.63, 3.8) is 0 Å². The molecule has 0 atom stereocenters. The van der Waals surface area contributed by atoms with Crippen molar-refractivity contribution in [1.82, 2.24) is 5.32 Å². The van der Waals surface area contributed by atoms with Crippen LogP contribution in [0, 0.1) is 0 Å². The maximum atomic E-state index is 12.8. The van der Waals surface area contributed by atoms with E-state index < -0.39 is 35.6 Å². The fraction of sp³-hybridized carbons (Fsp3) is 0.467. The van der Waals surface area contributed by atoms with E-state index in [0.29, 0.717) is 0 Å². The average Bonchev–Trinajstić information content (AvgIpc) is 2.35. The van der Waals surface area contributed by atoms with Gasteiger partial charge in [-0.1, -0.05) is 18.2 Å². The summed E-state index contributed by atoms with van der Waals surface area (Å²) in [5.41, 5.74) is -1.75. The van der Waals surface area contributed by atoms with Crippen LogP contribution in [0.1, 0.15) is 37.8 Å². The first kappa shape index (κ1) is 18.0. The number of benzene rings is 1. The molecule has 22 heavy (non-hydrogen) atoms. The Labute approximate surface area is 126 Å². The van der Waals surface area contributed by atoms with E-state index in [0.717, 1.165) is 6.07 Å². The molecule has 2 N–H and O–H groups in total. The quantitative estimate of drug-likeness (QED) is 0.847. The van der Waals surface area contributed by atoms with Crippen molar-refractivity contribution in [1.29, 1.82) is 0 Å². The van der Waals surface area contributed by atoms with Gasteiger partial charge in [0.25, 0.3) is 0 Å². The number of halogens is 3. The summed E-state index contributed by atoms with van der Waals surface area (Å²) in [6.45, 7) is 3.26. The lowest BCUT2D eigenvalue weighted by atomic mass is 9.97. The molecule has 0 aliphatic heterocycles. The van der Waals surface area contributed by atoms with E-state index in [1.54, 1.807) is 13.8 Å². The molecule has 1 amide bonds. The van der Waals surface area contributed by atoms with Crippen LogP contribution in [0.25, 0.3) is 0 Å². The number of hydrogen-bond acceptors (Lipinski definition) is 2. The zero-order valence-electron chi connectivity index (χ0n) is 12.3. The Morgan fingerprint density at radius 2 is 1.77 bits per heavy atom. The van der Waals surface area contributed by atoms with Gasteiger partial charge in [-0.15, -0.1) is 0 Å². The molecular weight excluding hydrogens is 299 g/mol. The molecular formula is C15H18F3NO3. The Balaban J connectivity index is 2.76. The first-order valence-corrected chi connectivity index (χ1v) is 6.69. The number of carboxylic acid groups (broad SMARTS) is 1. The molecule has 0 saturated heterocycles. The number of hydrogen-bond donors (Lipinski definition) is 2. The molecule has 122 valence electrons. The number of carbonyl (C=O) groups is 2. The number of aliphatic carboxylic acids is 1. The molecule has 0 aliphatic carbocycles. The zero-order valence-corrected chi connectivity index (χ0v) is 12.3. The molecule has 0 unspecified atom stereocenters. The minimum Gasteiger partial charge on any atom is -0.481 e. The number of carbonyl (C=O) groups excluding carboxylic acids is 1. The molecule has 0 aliphatic rings. The number of carboxylic acids is 1. The van der Waals surface area contributed by atoms with E-state index in [1.165, 1.54) is 18.2 Å². The van der Waals surface area contributed by atoms with E-state index in [4.69, 9.17) is 5.11 Å². The zero-order chi connectivity index (χ0) is 17.0. The average molecular weight is 317 g/mol. The maximum absolute atomic E-state index is 12.8. The lowest BCUT2D eigenvalue weighted by Gasteiger charge is -2.26. The highest BCUT2D eigenvalue weighted by molar-refractivity contribution is 5.79. The molecule has 0 fully saturated rings. The van der Waals surface area contributed by atoms with E-state index >= 15 is 0 Å². The van der Waals surface area contributed by atoms with Crippen LogP contribution in [-0.4, -0.2) is 22.5 Å². The molecule has 0 saturated carbocycles. The molecule has 7 heteroatoms. The summed E-state index contributed by atoms with van der Waals surface area (Å²) in [4.78, 5) is 22.5. The normalized spacial score (nSPS) is 12.0. The summed E-state index contributed by atoms with van der Waals surface area (Å²) in [6, 6.07) is 4.89. The topological polar surface area (TPSA) is 66.4 Å². The molecule has 0 spiro atoms. The first-order valence-electron chi connectivity index (χ1n) is 6.69. The lowest BCUT2D eigenvalue weighted by Crippen LogP contribution is -2.44. The Kier molecular flexibility index (Phi) is 5.57. The molecule has 1 aromatic carbocycles. The van der Waals surface area contributed by atoms with E-state index in [1.807, 2.05) is 0 Å². The van der Waals surface area contributed by atoms with E-state index in [-0.39, 0.29) is 18.4 Å². The Bertz CT molecular complexity index is 553. The van der Waals surface area contributed by atoms with Crippen molar-refractivity contribution in [3.05, 3.63) is 35.4 Å². The van der Waals surface area contributed by atoms with Crippen LogP contribution in [0.15, 0.2) is 24.3 Å². The monoisotopic (exact) mass is 317 g/mol. The van der Waals surface area contributed by atoms with Crippen molar-refractivity contribution in [3.8, 4) is 0 Å². The molecule has 0 aromatic heterocycles. The van der Waals surface area contributed by atoms with Gasteiger partial charge in [0.15, 0.2) is 0 Å². The third kappa shape index (κ3) is 5.75. The smallest absolute Gasteiger partial charge is 0.416 e. The molecule has 1 rings (SSSR count). The van der Waals surface area contributed by atoms with Crippen molar-refractivity contribution in [2.75, 3.05) is 0 Å². The van der Waals surface area contributed by atoms with Gasteiger partial charge in [0.05, 0.1) is 12.0 Å². The fourth-order valence-corrected chi connectivity index (χ4v) is 2.03. The highest BCUT2D eigenvalue weighted by atomic mass is 19.4. The van der Waals surface area contributed by atoms with Gasteiger partial charge in [0.2, 0.25) is 5.91 Å². The second-order valence-electron chi connectivity index (χ2n) is 5.66.